The van der Waals surface area contributed by atoms with Crippen LogP contribution < -0.4 is 11.1 Å². The standard InChI is InChI=1S/C16H16N4/c17-15-13-8-4-5-9-14(13)19-16(20-15)18-11-10-12-6-2-1-3-7-12/h1-9H,10-11H2,(H3,17,18,19,20). The number of fused-ring (bicyclic) bond motifs is 1. The lowest BCUT2D eigenvalue weighted by atomic mass is 10.1. The van der Waals surface area contributed by atoms with Gasteiger partial charge in [-0.15, -0.1) is 0 Å². The molecule has 4 nitrogen and oxygen atoms in total. The molecule has 3 rings (SSSR count). The van der Waals surface area contributed by atoms with Gasteiger partial charge in [-0.2, -0.15) is 4.98 Å². The minimum Gasteiger partial charge on any atom is -0.383 e. The highest BCUT2D eigenvalue weighted by molar-refractivity contribution is 5.88. The Morgan fingerprint density at radius 1 is 0.900 bits per heavy atom. The number of anilines is 2. The summed E-state index contributed by atoms with van der Waals surface area (Å²) >= 11 is 0. The highest BCUT2D eigenvalue weighted by atomic mass is 15.1. The molecule has 0 saturated heterocycles. The molecule has 0 aliphatic rings. The molecule has 1 aromatic heterocycles. The average molecular weight is 264 g/mol. The lowest BCUT2D eigenvalue weighted by Gasteiger charge is -2.07. The zero-order valence-electron chi connectivity index (χ0n) is 11.1. The normalized spacial score (nSPS) is 10.6. The van der Waals surface area contributed by atoms with Crippen LogP contribution in [-0.2, 0) is 6.42 Å². The van der Waals surface area contributed by atoms with E-state index in [1.807, 2.05) is 42.5 Å². The lowest BCUT2D eigenvalue weighted by Crippen LogP contribution is -2.09. The molecule has 3 N–H and O–H groups in total. The van der Waals surface area contributed by atoms with Gasteiger partial charge in [0.05, 0.1) is 5.52 Å². The van der Waals surface area contributed by atoms with Gasteiger partial charge in [0.2, 0.25) is 5.95 Å². The number of hydrogen-bond donors (Lipinski definition) is 2. The van der Waals surface area contributed by atoms with Crippen molar-refractivity contribution >= 4 is 22.7 Å². The summed E-state index contributed by atoms with van der Waals surface area (Å²) in [5.74, 6) is 1.09. The number of nitrogens with zero attached hydrogens (tertiary/aromatic N) is 2. The van der Waals surface area contributed by atoms with Crippen LogP contribution in [-0.4, -0.2) is 16.5 Å². The number of benzene rings is 2. The minimum atomic E-state index is 0.512. The Morgan fingerprint density at radius 2 is 1.65 bits per heavy atom. The molecule has 100 valence electrons. The summed E-state index contributed by atoms with van der Waals surface area (Å²) in [7, 11) is 0. The van der Waals surface area contributed by atoms with E-state index in [4.69, 9.17) is 5.73 Å². The molecular weight excluding hydrogens is 248 g/mol. The van der Waals surface area contributed by atoms with E-state index >= 15 is 0 Å². The third kappa shape index (κ3) is 2.69. The van der Waals surface area contributed by atoms with Gasteiger partial charge in [-0.05, 0) is 24.1 Å². The highest BCUT2D eigenvalue weighted by Crippen LogP contribution is 2.18. The van der Waals surface area contributed by atoms with Crippen molar-refractivity contribution in [3.05, 3.63) is 60.2 Å². The molecule has 1 heterocycles. The van der Waals surface area contributed by atoms with E-state index in [0.29, 0.717) is 11.8 Å². The maximum absolute atomic E-state index is 5.95. The van der Waals surface area contributed by atoms with Crippen LogP contribution in [0.3, 0.4) is 0 Å². The van der Waals surface area contributed by atoms with Gasteiger partial charge in [0.25, 0.3) is 0 Å². The number of nitrogens with two attached hydrogens (primary N) is 1. The van der Waals surface area contributed by atoms with E-state index in [1.54, 1.807) is 0 Å². The molecule has 0 bridgehead atoms. The molecular formula is C16H16N4. The van der Waals surface area contributed by atoms with Gasteiger partial charge in [-0.1, -0.05) is 42.5 Å². The largest absolute Gasteiger partial charge is 0.383 e. The van der Waals surface area contributed by atoms with E-state index < -0.39 is 0 Å². The molecule has 20 heavy (non-hydrogen) atoms. The summed E-state index contributed by atoms with van der Waals surface area (Å²) in [6, 6.07) is 18.1. The van der Waals surface area contributed by atoms with Crippen molar-refractivity contribution in [3.63, 3.8) is 0 Å². The van der Waals surface area contributed by atoms with Crippen molar-refractivity contribution in [3.8, 4) is 0 Å². The molecule has 0 saturated carbocycles. The third-order valence-electron chi connectivity index (χ3n) is 3.17. The molecule has 3 aromatic rings. The fraction of sp³-hybridized carbons (Fsp3) is 0.125. The zero-order valence-corrected chi connectivity index (χ0v) is 11.1. The van der Waals surface area contributed by atoms with Gasteiger partial charge in [-0.25, -0.2) is 4.98 Å². The molecule has 4 heteroatoms. The van der Waals surface area contributed by atoms with Crippen molar-refractivity contribution < 1.29 is 0 Å². The molecule has 0 radical (unpaired) electrons. The summed E-state index contributed by atoms with van der Waals surface area (Å²) < 4.78 is 0. The van der Waals surface area contributed by atoms with E-state index in [9.17, 15) is 0 Å². The number of hydrogen-bond acceptors (Lipinski definition) is 4. The van der Waals surface area contributed by atoms with Gasteiger partial charge >= 0.3 is 0 Å². The molecule has 0 spiro atoms. The molecule has 0 unspecified atom stereocenters. The number of nitrogens with one attached hydrogen (secondary N) is 1. The Labute approximate surface area is 117 Å². The van der Waals surface area contributed by atoms with Crippen LogP contribution in [0.1, 0.15) is 5.56 Å². The Bertz CT molecular complexity index is 710. The van der Waals surface area contributed by atoms with Crippen LogP contribution in [0.15, 0.2) is 54.6 Å². The van der Waals surface area contributed by atoms with E-state index in [1.165, 1.54) is 5.56 Å². The number of para-hydroxylation sites is 1. The van der Waals surface area contributed by atoms with Crippen molar-refractivity contribution in [2.45, 2.75) is 6.42 Å². The lowest BCUT2D eigenvalue weighted by molar-refractivity contribution is 0.992. The first kappa shape index (κ1) is 12.4. The Morgan fingerprint density at radius 3 is 2.50 bits per heavy atom. The van der Waals surface area contributed by atoms with Crippen LogP contribution in [0.2, 0.25) is 0 Å². The van der Waals surface area contributed by atoms with Gasteiger partial charge < -0.3 is 11.1 Å². The molecule has 0 amide bonds. The average Bonchev–Trinajstić information content (AvgIpc) is 2.48. The van der Waals surface area contributed by atoms with Crippen LogP contribution >= 0.6 is 0 Å². The first-order valence-electron chi connectivity index (χ1n) is 6.63. The van der Waals surface area contributed by atoms with Crippen LogP contribution in [0, 0.1) is 0 Å². The summed E-state index contributed by atoms with van der Waals surface area (Å²) in [6.07, 6.45) is 0.928. The summed E-state index contributed by atoms with van der Waals surface area (Å²) in [4.78, 5) is 8.75. The second-order valence-corrected chi connectivity index (χ2v) is 4.61. The molecule has 2 aromatic carbocycles. The quantitative estimate of drug-likeness (QED) is 0.760. The zero-order chi connectivity index (χ0) is 13.8. The first-order valence-corrected chi connectivity index (χ1v) is 6.63. The Hall–Kier alpha value is -2.62. The number of rotatable bonds is 4. The fourth-order valence-electron chi connectivity index (χ4n) is 2.14. The number of nitrogen functional groups attached to an aromatic ring is 1. The third-order valence-corrected chi connectivity index (χ3v) is 3.17. The van der Waals surface area contributed by atoms with Crippen molar-refractivity contribution in [2.75, 3.05) is 17.6 Å². The SMILES string of the molecule is Nc1nc(NCCc2ccccc2)nc2ccccc12. The summed E-state index contributed by atoms with van der Waals surface area (Å²) in [6.45, 7) is 0.780. The first-order chi connectivity index (χ1) is 9.83. The Kier molecular flexibility index (Phi) is 3.46. The summed E-state index contributed by atoms with van der Waals surface area (Å²) in [5, 5.41) is 4.11. The van der Waals surface area contributed by atoms with Gasteiger partial charge in [-0.3, -0.25) is 0 Å². The van der Waals surface area contributed by atoms with Crippen LogP contribution in [0.5, 0.6) is 0 Å². The van der Waals surface area contributed by atoms with Gasteiger partial charge in [0, 0.05) is 11.9 Å². The minimum absolute atomic E-state index is 0.512. The second kappa shape index (κ2) is 5.57. The maximum Gasteiger partial charge on any atom is 0.225 e. The van der Waals surface area contributed by atoms with Crippen LogP contribution in [0.25, 0.3) is 10.9 Å². The molecule has 0 aliphatic carbocycles. The predicted octanol–water partition coefficient (Wildman–Crippen LogP) is 2.87. The Balaban J connectivity index is 1.72. The topological polar surface area (TPSA) is 63.8 Å². The maximum atomic E-state index is 5.95. The summed E-state index contributed by atoms with van der Waals surface area (Å²) in [5.41, 5.74) is 8.10. The predicted molar refractivity (Wildman–Crippen MR) is 82.6 cm³/mol. The van der Waals surface area contributed by atoms with Crippen molar-refractivity contribution in [1.82, 2.24) is 9.97 Å². The van der Waals surface area contributed by atoms with Gasteiger partial charge in [0.15, 0.2) is 0 Å². The smallest absolute Gasteiger partial charge is 0.225 e. The second-order valence-electron chi connectivity index (χ2n) is 4.61. The molecule has 0 fully saturated rings. The van der Waals surface area contributed by atoms with Crippen molar-refractivity contribution in [2.24, 2.45) is 0 Å². The van der Waals surface area contributed by atoms with E-state index in [2.05, 4.69) is 27.4 Å². The highest BCUT2D eigenvalue weighted by Gasteiger charge is 2.03. The van der Waals surface area contributed by atoms with Crippen LogP contribution in [0.4, 0.5) is 11.8 Å². The van der Waals surface area contributed by atoms with Crippen molar-refractivity contribution in [1.29, 1.82) is 0 Å². The van der Waals surface area contributed by atoms with Gasteiger partial charge in [0.1, 0.15) is 5.82 Å². The molecule has 0 aliphatic heterocycles. The van der Waals surface area contributed by atoms with E-state index in [0.717, 1.165) is 23.9 Å². The molecule has 0 atom stereocenters. The number of aromatic nitrogens is 2. The fourth-order valence-corrected chi connectivity index (χ4v) is 2.14. The monoisotopic (exact) mass is 264 g/mol. The van der Waals surface area contributed by atoms with E-state index in [-0.39, 0.29) is 0 Å².